The molecule has 0 bridgehead atoms. The molecule has 0 N–H and O–H groups in total. The van der Waals surface area contributed by atoms with Gasteiger partial charge in [0.25, 0.3) is 0 Å². The summed E-state index contributed by atoms with van der Waals surface area (Å²) >= 11 is 0. The lowest BCUT2D eigenvalue weighted by molar-refractivity contribution is -0.170. The van der Waals surface area contributed by atoms with Crippen molar-refractivity contribution in [3.63, 3.8) is 0 Å². The molecule has 2 rings (SSSR count). The number of rotatable bonds is 9. The van der Waals surface area contributed by atoms with Crippen molar-refractivity contribution in [3.05, 3.63) is 35.9 Å². The molecule has 1 aromatic rings. The smallest absolute Gasteiger partial charge is 0.157 e. The summed E-state index contributed by atoms with van der Waals surface area (Å²) in [7, 11) is 0. The Morgan fingerprint density at radius 2 is 2.05 bits per heavy atom. The van der Waals surface area contributed by atoms with Crippen LogP contribution in [0.3, 0.4) is 0 Å². The van der Waals surface area contributed by atoms with Gasteiger partial charge in [-0.3, -0.25) is 0 Å². The summed E-state index contributed by atoms with van der Waals surface area (Å²) in [6.07, 6.45) is 3.38. The van der Waals surface area contributed by atoms with Gasteiger partial charge in [0.05, 0.1) is 32.5 Å². The van der Waals surface area contributed by atoms with E-state index in [1.54, 1.807) is 0 Å². The van der Waals surface area contributed by atoms with Gasteiger partial charge in [-0.15, -0.1) is 0 Å². The molecule has 0 radical (unpaired) electrons. The van der Waals surface area contributed by atoms with Gasteiger partial charge < -0.3 is 18.9 Å². The summed E-state index contributed by atoms with van der Waals surface area (Å²) in [6, 6.07) is 10.2. The molecule has 0 saturated carbocycles. The van der Waals surface area contributed by atoms with Crippen LogP contribution in [0.25, 0.3) is 0 Å². The van der Waals surface area contributed by atoms with Gasteiger partial charge in [0.1, 0.15) is 0 Å². The summed E-state index contributed by atoms with van der Waals surface area (Å²) in [5.74, 6) is 0. The Bertz CT molecular complexity index is 362. The van der Waals surface area contributed by atoms with Gasteiger partial charge in [-0.1, -0.05) is 30.3 Å². The first-order valence-electron chi connectivity index (χ1n) is 7.81. The molecule has 0 amide bonds. The Morgan fingerprint density at radius 1 is 1.19 bits per heavy atom. The van der Waals surface area contributed by atoms with Crippen LogP contribution < -0.4 is 0 Å². The van der Waals surface area contributed by atoms with E-state index in [4.69, 9.17) is 18.9 Å². The molecular formula is C17H26O4. The normalized spacial score (nSPS) is 20.3. The van der Waals surface area contributed by atoms with Crippen LogP contribution in [0.5, 0.6) is 0 Å². The second-order valence-electron chi connectivity index (χ2n) is 5.35. The lowest BCUT2D eigenvalue weighted by atomic mass is 10.2. The molecule has 1 aliphatic heterocycles. The lowest BCUT2D eigenvalue weighted by Gasteiger charge is -2.22. The molecule has 1 aromatic carbocycles. The molecule has 1 aliphatic rings. The van der Waals surface area contributed by atoms with E-state index in [0.29, 0.717) is 26.4 Å². The quantitative estimate of drug-likeness (QED) is 0.656. The first-order chi connectivity index (χ1) is 10.3. The first-order valence-corrected chi connectivity index (χ1v) is 7.81. The van der Waals surface area contributed by atoms with Crippen molar-refractivity contribution in [3.8, 4) is 0 Å². The Morgan fingerprint density at radius 3 is 2.81 bits per heavy atom. The van der Waals surface area contributed by atoms with Crippen molar-refractivity contribution in [2.24, 2.45) is 0 Å². The Kier molecular flexibility index (Phi) is 7.75. The van der Waals surface area contributed by atoms with E-state index >= 15 is 0 Å². The van der Waals surface area contributed by atoms with Crippen LogP contribution in [-0.4, -0.2) is 38.8 Å². The van der Waals surface area contributed by atoms with Gasteiger partial charge in [0.15, 0.2) is 6.29 Å². The highest BCUT2D eigenvalue weighted by atomic mass is 16.7. The van der Waals surface area contributed by atoms with Crippen LogP contribution >= 0.6 is 0 Å². The molecule has 0 aliphatic carbocycles. The molecular weight excluding hydrogens is 268 g/mol. The van der Waals surface area contributed by atoms with Crippen molar-refractivity contribution in [2.75, 3.05) is 26.4 Å². The maximum absolute atomic E-state index is 5.73. The zero-order valence-corrected chi connectivity index (χ0v) is 12.8. The van der Waals surface area contributed by atoms with E-state index in [1.165, 1.54) is 12.0 Å². The van der Waals surface area contributed by atoms with Gasteiger partial charge >= 0.3 is 0 Å². The van der Waals surface area contributed by atoms with Crippen LogP contribution in [0.4, 0.5) is 0 Å². The second kappa shape index (κ2) is 9.90. The zero-order chi connectivity index (χ0) is 14.8. The third-order valence-corrected chi connectivity index (χ3v) is 3.40. The number of hydrogen-bond donors (Lipinski definition) is 0. The molecule has 4 heteroatoms. The van der Waals surface area contributed by atoms with E-state index in [-0.39, 0.29) is 12.4 Å². The van der Waals surface area contributed by atoms with Gasteiger partial charge in [-0.25, -0.2) is 0 Å². The van der Waals surface area contributed by atoms with Gasteiger partial charge in [0, 0.05) is 6.61 Å². The molecule has 0 spiro atoms. The maximum atomic E-state index is 5.73. The van der Waals surface area contributed by atoms with Crippen molar-refractivity contribution in [1.29, 1.82) is 0 Å². The third kappa shape index (κ3) is 7.05. The summed E-state index contributed by atoms with van der Waals surface area (Å²) < 4.78 is 22.4. The van der Waals surface area contributed by atoms with E-state index < -0.39 is 0 Å². The van der Waals surface area contributed by atoms with E-state index in [2.05, 4.69) is 12.1 Å². The Hall–Kier alpha value is -0.940. The SMILES string of the molecule is CC(COCCOC1CCCCO1)OCc1ccccc1. The average Bonchev–Trinajstić information content (AvgIpc) is 2.54. The van der Waals surface area contributed by atoms with E-state index in [9.17, 15) is 0 Å². The average molecular weight is 294 g/mol. The van der Waals surface area contributed by atoms with Crippen LogP contribution in [0, 0.1) is 0 Å². The van der Waals surface area contributed by atoms with Crippen LogP contribution in [0.1, 0.15) is 31.7 Å². The fourth-order valence-electron chi connectivity index (χ4n) is 2.19. The predicted octanol–water partition coefficient (Wildman–Crippen LogP) is 3.15. The van der Waals surface area contributed by atoms with E-state index in [1.807, 2.05) is 25.1 Å². The highest BCUT2D eigenvalue weighted by Gasteiger charge is 2.13. The van der Waals surface area contributed by atoms with Crippen LogP contribution in [-0.2, 0) is 25.6 Å². The summed E-state index contributed by atoms with van der Waals surface area (Å²) in [4.78, 5) is 0. The van der Waals surface area contributed by atoms with Crippen LogP contribution in [0.2, 0.25) is 0 Å². The Labute approximate surface area is 127 Å². The summed E-state index contributed by atoms with van der Waals surface area (Å²) in [6.45, 7) is 5.21. The third-order valence-electron chi connectivity index (χ3n) is 3.40. The molecule has 1 heterocycles. The predicted molar refractivity (Wildman–Crippen MR) is 81.1 cm³/mol. The van der Waals surface area contributed by atoms with Crippen molar-refractivity contribution in [2.45, 2.75) is 45.2 Å². The molecule has 2 atom stereocenters. The largest absolute Gasteiger partial charge is 0.376 e. The second-order valence-corrected chi connectivity index (χ2v) is 5.35. The van der Waals surface area contributed by atoms with Crippen molar-refractivity contribution < 1.29 is 18.9 Å². The molecule has 118 valence electrons. The first kappa shape index (κ1) is 16.4. The number of hydrogen-bond acceptors (Lipinski definition) is 4. The summed E-state index contributed by atoms with van der Waals surface area (Å²) in [5.41, 5.74) is 1.18. The number of ether oxygens (including phenoxy) is 4. The number of benzene rings is 1. The van der Waals surface area contributed by atoms with Crippen molar-refractivity contribution in [1.82, 2.24) is 0 Å². The Balaban J connectivity index is 1.46. The van der Waals surface area contributed by atoms with E-state index in [0.717, 1.165) is 19.4 Å². The molecule has 0 aromatic heterocycles. The molecule has 1 saturated heterocycles. The van der Waals surface area contributed by atoms with Gasteiger partial charge in [0.2, 0.25) is 0 Å². The fraction of sp³-hybridized carbons (Fsp3) is 0.647. The molecule has 2 unspecified atom stereocenters. The van der Waals surface area contributed by atoms with Gasteiger partial charge in [-0.05, 0) is 31.7 Å². The van der Waals surface area contributed by atoms with Crippen molar-refractivity contribution >= 4 is 0 Å². The fourth-order valence-corrected chi connectivity index (χ4v) is 2.19. The topological polar surface area (TPSA) is 36.9 Å². The lowest BCUT2D eigenvalue weighted by Crippen LogP contribution is -2.24. The summed E-state index contributed by atoms with van der Waals surface area (Å²) in [5, 5.41) is 0. The zero-order valence-electron chi connectivity index (χ0n) is 12.8. The molecule has 1 fully saturated rings. The monoisotopic (exact) mass is 294 g/mol. The minimum absolute atomic E-state index is 0.0332. The molecule has 4 nitrogen and oxygen atoms in total. The van der Waals surface area contributed by atoms with Gasteiger partial charge in [-0.2, -0.15) is 0 Å². The minimum atomic E-state index is -0.0332. The highest BCUT2D eigenvalue weighted by Crippen LogP contribution is 2.13. The standard InChI is InChI=1S/C17H26O4/c1-15(21-14-16-7-3-2-4-8-16)13-18-11-12-20-17-9-5-6-10-19-17/h2-4,7-8,15,17H,5-6,9-14H2,1H3. The highest BCUT2D eigenvalue weighted by molar-refractivity contribution is 5.13. The molecule has 21 heavy (non-hydrogen) atoms. The van der Waals surface area contributed by atoms with Crippen LogP contribution in [0.15, 0.2) is 30.3 Å². The minimum Gasteiger partial charge on any atom is -0.376 e. The maximum Gasteiger partial charge on any atom is 0.157 e.